The summed E-state index contributed by atoms with van der Waals surface area (Å²) in [7, 11) is 6.03. The summed E-state index contributed by atoms with van der Waals surface area (Å²) >= 11 is -3.89. The molecular weight excluding hydrogens is 314 g/mol. The summed E-state index contributed by atoms with van der Waals surface area (Å²) < 4.78 is 10.4. The fraction of sp³-hybridized carbons (Fsp3) is 0.750. The molecule has 0 N–H and O–H groups in total. The van der Waals surface area contributed by atoms with Gasteiger partial charge in [-0.05, 0) is 0 Å². The minimum atomic E-state index is -3.89. The molecule has 0 aliphatic carbocycles. The molecule has 0 rings (SSSR count). The Morgan fingerprint density at radius 1 is 1.21 bits per heavy atom. The van der Waals surface area contributed by atoms with Gasteiger partial charge in [-0.1, -0.05) is 0 Å². The van der Waals surface area contributed by atoms with Crippen molar-refractivity contribution < 1.29 is 15.7 Å². The van der Waals surface area contributed by atoms with E-state index in [9.17, 15) is 9.59 Å². The van der Waals surface area contributed by atoms with Crippen LogP contribution in [0, 0.1) is 0 Å². The van der Waals surface area contributed by atoms with E-state index in [1.165, 1.54) is 13.8 Å². The average Bonchev–Trinajstić information content (AvgIpc) is 1.97. The Labute approximate surface area is 92.6 Å². The van der Waals surface area contributed by atoms with Crippen molar-refractivity contribution in [3.8, 4) is 0 Å². The minimum absolute atomic E-state index is 0.479. The van der Waals surface area contributed by atoms with Crippen LogP contribution < -0.4 is 0 Å². The van der Waals surface area contributed by atoms with Crippen LogP contribution in [0.2, 0.25) is 4.44 Å². The van der Waals surface area contributed by atoms with Crippen LogP contribution in [-0.2, 0) is 15.7 Å². The summed E-state index contributed by atoms with van der Waals surface area (Å²) in [5, 5.41) is 0. The molecule has 6 heteroatoms. The van der Waals surface area contributed by atoms with Gasteiger partial charge in [-0.3, -0.25) is 0 Å². The molecule has 0 atom stereocenters. The van der Waals surface area contributed by atoms with Gasteiger partial charge in [0.2, 0.25) is 0 Å². The molecule has 0 radical (unpaired) electrons. The zero-order valence-electron chi connectivity index (χ0n) is 8.63. The quantitative estimate of drug-likeness (QED) is 0.725. The summed E-state index contributed by atoms with van der Waals surface area (Å²) in [5.74, 6) is -0.957. The van der Waals surface area contributed by atoms with Gasteiger partial charge in [-0.25, -0.2) is 0 Å². The van der Waals surface area contributed by atoms with Gasteiger partial charge in [-0.15, -0.1) is 0 Å². The van der Waals surface area contributed by atoms with Crippen LogP contribution in [0.3, 0.4) is 0 Å². The second kappa shape index (κ2) is 6.50. The van der Waals surface area contributed by atoms with Crippen molar-refractivity contribution in [2.75, 3.05) is 0 Å². The van der Waals surface area contributed by atoms with Crippen molar-refractivity contribution in [2.45, 2.75) is 38.0 Å². The van der Waals surface area contributed by atoms with E-state index in [4.69, 9.17) is 15.1 Å². The first kappa shape index (κ1) is 14.0. The van der Waals surface area contributed by atoms with Crippen LogP contribution >= 0.6 is 8.92 Å². The number of unbranched alkanes of at least 4 members (excludes halogenated alkanes) is 1. The van der Waals surface area contributed by atoms with Gasteiger partial charge < -0.3 is 0 Å². The predicted molar refractivity (Wildman–Crippen MR) is 54.9 cm³/mol. The van der Waals surface area contributed by atoms with Gasteiger partial charge in [0.05, 0.1) is 0 Å². The molecule has 4 nitrogen and oxygen atoms in total. The fourth-order valence-electron chi connectivity index (χ4n) is 0.940. The SMILES string of the molecule is CCC[CH2][Sn]([Cl])([O]C(C)=O)[O]C(C)=O. The Bertz CT molecular complexity index is 203. The summed E-state index contributed by atoms with van der Waals surface area (Å²) in [6.07, 6.45) is 1.73. The summed E-state index contributed by atoms with van der Waals surface area (Å²) in [6, 6.07) is 0. The van der Waals surface area contributed by atoms with Crippen LogP contribution in [0.15, 0.2) is 0 Å². The number of carbonyl (C=O) groups is 2. The van der Waals surface area contributed by atoms with E-state index in [0.717, 1.165) is 12.8 Å². The first-order valence-corrected chi connectivity index (χ1v) is 12.4. The Kier molecular flexibility index (Phi) is 6.51. The topological polar surface area (TPSA) is 52.6 Å². The molecule has 0 aliphatic rings. The van der Waals surface area contributed by atoms with Gasteiger partial charge in [-0.2, -0.15) is 0 Å². The third kappa shape index (κ3) is 6.48. The first-order chi connectivity index (χ1) is 6.39. The van der Waals surface area contributed by atoms with Crippen LogP contribution in [-0.4, -0.2) is 30.0 Å². The van der Waals surface area contributed by atoms with E-state index >= 15 is 0 Å². The molecule has 0 fully saturated rings. The molecule has 0 aromatic heterocycles. The molecule has 82 valence electrons. The summed E-state index contributed by atoms with van der Waals surface area (Å²) in [6.45, 7) is 4.53. The van der Waals surface area contributed by atoms with Gasteiger partial charge >= 0.3 is 92.7 Å². The Morgan fingerprint density at radius 2 is 1.64 bits per heavy atom. The maximum absolute atomic E-state index is 10.8. The van der Waals surface area contributed by atoms with Gasteiger partial charge in [0.1, 0.15) is 0 Å². The maximum atomic E-state index is 10.8. The second-order valence-corrected chi connectivity index (χ2v) is 13.2. The number of halogens is 1. The van der Waals surface area contributed by atoms with Crippen molar-refractivity contribution in [2.24, 2.45) is 0 Å². The Morgan fingerprint density at radius 3 is 1.93 bits per heavy atom. The predicted octanol–water partition coefficient (Wildman–Crippen LogP) is 2.09. The van der Waals surface area contributed by atoms with Crippen molar-refractivity contribution in [3.05, 3.63) is 0 Å². The normalized spacial score (nSPS) is 10.9. The van der Waals surface area contributed by atoms with Crippen molar-refractivity contribution >= 4 is 38.9 Å². The van der Waals surface area contributed by atoms with Crippen LogP contribution in [0.1, 0.15) is 33.6 Å². The molecule has 0 bridgehead atoms. The van der Waals surface area contributed by atoms with Crippen molar-refractivity contribution in [3.63, 3.8) is 0 Å². The number of rotatable bonds is 5. The molecule has 0 amide bonds. The van der Waals surface area contributed by atoms with E-state index in [2.05, 4.69) is 0 Å². The molecule has 0 spiro atoms. The third-order valence-electron chi connectivity index (χ3n) is 1.42. The molecule has 0 unspecified atom stereocenters. The fourth-order valence-corrected chi connectivity index (χ4v) is 8.66. The Hall–Kier alpha value is 0.0287. The van der Waals surface area contributed by atoms with Gasteiger partial charge in [0, 0.05) is 0 Å². The van der Waals surface area contributed by atoms with E-state index in [0.29, 0.717) is 4.44 Å². The van der Waals surface area contributed by atoms with E-state index in [1.807, 2.05) is 6.92 Å². The third-order valence-corrected chi connectivity index (χ3v) is 9.82. The second-order valence-electron chi connectivity index (χ2n) is 2.95. The number of carbonyl (C=O) groups excluding carboxylic acids is 2. The average molecular weight is 329 g/mol. The van der Waals surface area contributed by atoms with E-state index in [1.54, 1.807) is 0 Å². The summed E-state index contributed by atoms with van der Waals surface area (Å²) in [5.41, 5.74) is 0. The first-order valence-electron chi connectivity index (χ1n) is 4.47. The molecule has 0 aromatic rings. The number of hydrogen-bond acceptors (Lipinski definition) is 4. The molecule has 0 saturated heterocycles. The zero-order valence-corrected chi connectivity index (χ0v) is 12.2. The van der Waals surface area contributed by atoms with E-state index in [-0.39, 0.29) is 0 Å². The molecule has 0 aromatic carbocycles. The standard InChI is InChI=1S/C4H9.2C2H4O2.ClH.Sn/c1-3-4-2;2*1-2(3)4;;/h1,3-4H2,2H3;2*1H3,(H,3,4);1H;/q;;;;+3/p-3. The van der Waals surface area contributed by atoms with Gasteiger partial charge in [0.15, 0.2) is 0 Å². The summed E-state index contributed by atoms with van der Waals surface area (Å²) in [4.78, 5) is 21.5. The van der Waals surface area contributed by atoms with E-state index < -0.39 is 30.0 Å². The van der Waals surface area contributed by atoms with Crippen LogP contribution in [0.5, 0.6) is 0 Å². The molecule has 0 heterocycles. The van der Waals surface area contributed by atoms with Crippen molar-refractivity contribution in [1.82, 2.24) is 0 Å². The molecule has 0 aliphatic heterocycles. The van der Waals surface area contributed by atoms with Crippen LogP contribution in [0.4, 0.5) is 0 Å². The molecular formula is C8H15ClO4Sn. The van der Waals surface area contributed by atoms with Crippen molar-refractivity contribution in [1.29, 1.82) is 0 Å². The Balaban J connectivity index is 4.31. The zero-order chi connectivity index (χ0) is 11.2. The monoisotopic (exact) mass is 330 g/mol. The molecule has 14 heavy (non-hydrogen) atoms. The number of hydrogen-bond donors (Lipinski definition) is 0. The molecule has 0 saturated carbocycles. The van der Waals surface area contributed by atoms with Crippen LogP contribution in [0.25, 0.3) is 0 Å². The van der Waals surface area contributed by atoms with Gasteiger partial charge in [0.25, 0.3) is 0 Å².